The number of nitro groups is 1. The van der Waals surface area contributed by atoms with Crippen molar-refractivity contribution in [3.63, 3.8) is 0 Å². The summed E-state index contributed by atoms with van der Waals surface area (Å²) in [6, 6.07) is 0.832. The van der Waals surface area contributed by atoms with Crippen LogP contribution in [0.15, 0.2) is 18.2 Å². The fraction of sp³-hybridized carbons (Fsp3) is 0. The average molecular weight is 305 g/mol. The molecule has 1 N–H and O–H groups in total. The zero-order chi connectivity index (χ0) is 15.9. The van der Waals surface area contributed by atoms with E-state index in [4.69, 9.17) is 0 Å². The lowest BCUT2D eigenvalue weighted by Gasteiger charge is -2.08. The van der Waals surface area contributed by atoms with E-state index in [1.54, 1.807) is 0 Å². The molecule has 0 aliphatic carbocycles. The number of nitro benzene ring substituents is 1. The number of nitrogens with zero attached hydrogens (tertiary/aromatic N) is 1. The van der Waals surface area contributed by atoms with E-state index in [-0.39, 0.29) is 12.1 Å². The Labute approximate surface area is 113 Å². The second kappa shape index (κ2) is 5.00. The standard InChI is InChI=1S/C12H4F5NO3/c13-6-3-9(19)8(18(20)21)2-4(6)5-1-7(14)11(16)12(17)10(5)15/h1-3,19H. The second-order valence-corrected chi connectivity index (χ2v) is 3.93. The molecule has 9 heteroatoms. The minimum Gasteiger partial charge on any atom is -0.502 e. The summed E-state index contributed by atoms with van der Waals surface area (Å²) in [7, 11) is 0. The van der Waals surface area contributed by atoms with Gasteiger partial charge in [-0.25, -0.2) is 22.0 Å². The van der Waals surface area contributed by atoms with Crippen molar-refractivity contribution in [3.8, 4) is 16.9 Å². The van der Waals surface area contributed by atoms with Crippen molar-refractivity contribution in [1.29, 1.82) is 0 Å². The number of phenolic OH excluding ortho intramolecular Hbond substituents is 1. The fourth-order valence-electron chi connectivity index (χ4n) is 1.67. The van der Waals surface area contributed by atoms with Gasteiger partial charge in [0.05, 0.1) is 4.92 Å². The lowest BCUT2D eigenvalue weighted by Crippen LogP contribution is -2.00. The Balaban J connectivity index is 2.79. The summed E-state index contributed by atoms with van der Waals surface area (Å²) < 4.78 is 66.2. The molecular formula is C12H4F5NO3. The molecule has 0 fully saturated rings. The summed E-state index contributed by atoms with van der Waals surface area (Å²) in [5.41, 5.74) is -2.95. The van der Waals surface area contributed by atoms with Crippen molar-refractivity contribution in [2.45, 2.75) is 0 Å². The molecule has 0 atom stereocenters. The van der Waals surface area contributed by atoms with Crippen LogP contribution in [0.3, 0.4) is 0 Å². The van der Waals surface area contributed by atoms with Crippen LogP contribution < -0.4 is 0 Å². The highest BCUT2D eigenvalue weighted by atomic mass is 19.2. The van der Waals surface area contributed by atoms with Crippen molar-refractivity contribution < 1.29 is 32.0 Å². The number of rotatable bonds is 2. The monoisotopic (exact) mass is 305 g/mol. The lowest BCUT2D eigenvalue weighted by atomic mass is 10.0. The Hall–Kier alpha value is -2.71. The van der Waals surface area contributed by atoms with Crippen LogP contribution in [0.4, 0.5) is 27.6 Å². The summed E-state index contributed by atoms with van der Waals surface area (Å²) in [5.74, 6) is -10.4. The average Bonchev–Trinajstić information content (AvgIpc) is 2.41. The Morgan fingerprint density at radius 3 is 2.05 bits per heavy atom. The minimum absolute atomic E-state index is 0.160. The molecule has 4 nitrogen and oxygen atoms in total. The molecular weight excluding hydrogens is 301 g/mol. The normalized spacial score (nSPS) is 10.7. The maximum Gasteiger partial charge on any atom is 0.311 e. The number of hydrogen-bond donors (Lipinski definition) is 1. The molecule has 0 aliphatic rings. The van der Waals surface area contributed by atoms with Crippen molar-refractivity contribution in [3.05, 3.63) is 57.4 Å². The third-order valence-corrected chi connectivity index (χ3v) is 2.65. The van der Waals surface area contributed by atoms with Gasteiger partial charge in [-0.2, -0.15) is 0 Å². The first-order valence-electron chi connectivity index (χ1n) is 5.24. The van der Waals surface area contributed by atoms with E-state index in [9.17, 15) is 37.2 Å². The molecule has 21 heavy (non-hydrogen) atoms. The van der Waals surface area contributed by atoms with Gasteiger partial charge in [0, 0.05) is 23.3 Å². The SMILES string of the molecule is O=[N+]([O-])c1cc(-c2cc(F)c(F)c(F)c2F)c(F)cc1O. The van der Waals surface area contributed by atoms with E-state index in [0.29, 0.717) is 6.07 Å². The van der Waals surface area contributed by atoms with Crippen LogP contribution in [0.25, 0.3) is 11.1 Å². The molecule has 0 aromatic heterocycles. The Bertz CT molecular complexity index is 763. The largest absolute Gasteiger partial charge is 0.502 e. The first-order valence-corrected chi connectivity index (χ1v) is 5.24. The van der Waals surface area contributed by atoms with E-state index in [0.717, 1.165) is 0 Å². The van der Waals surface area contributed by atoms with Gasteiger partial charge in [-0.05, 0) is 6.07 Å². The van der Waals surface area contributed by atoms with E-state index in [1.807, 2.05) is 0 Å². The van der Waals surface area contributed by atoms with Gasteiger partial charge in [-0.1, -0.05) is 0 Å². The number of hydrogen-bond acceptors (Lipinski definition) is 3. The van der Waals surface area contributed by atoms with Crippen molar-refractivity contribution in [2.75, 3.05) is 0 Å². The van der Waals surface area contributed by atoms with Gasteiger partial charge >= 0.3 is 5.69 Å². The number of benzene rings is 2. The fourth-order valence-corrected chi connectivity index (χ4v) is 1.67. The third kappa shape index (κ3) is 2.37. The predicted octanol–water partition coefficient (Wildman–Crippen LogP) is 3.66. The van der Waals surface area contributed by atoms with Gasteiger partial charge < -0.3 is 5.11 Å². The van der Waals surface area contributed by atoms with Crippen LogP contribution in [0.5, 0.6) is 5.75 Å². The molecule has 2 aromatic carbocycles. The molecule has 2 aromatic rings. The molecule has 0 amide bonds. The molecule has 0 aliphatic heterocycles. The number of aromatic hydroxyl groups is 1. The van der Waals surface area contributed by atoms with Crippen LogP contribution in [-0.2, 0) is 0 Å². The molecule has 0 saturated heterocycles. The molecule has 2 rings (SSSR count). The summed E-state index contributed by atoms with van der Waals surface area (Å²) in [4.78, 5) is 9.51. The highest BCUT2D eigenvalue weighted by Crippen LogP contribution is 2.36. The smallest absolute Gasteiger partial charge is 0.311 e. The highest BCUT2D eigenvalue weighted by molar-refractivity contribution is 5.70. The predicted molar refractivity (Wildman–Crippen MR) is 60.0 cm³/mol. The first kappa shape index (κ1) is 14.7. The minimum atomic E-state index is -2.18. The van der Waals surface area contributed by atoms with Crippen LogP contribution in [0.2, 0.25) is 0 Å². The lowest BCUT2D eigenvalue weighted by molar-refractivity contribution is -0.385. The third-order valence-electron chi connectivity index (χ3n) is 2.65. The summed E-state index contributed by atoms with van der Waals surface area (Å²) in [6.45, 7) is 0. The Morgan fingerprint density at radius 2 is 1.48 bits per heavy atom. The molecule has 0 saturated carbocycles. The van der Waals surface area contributed by atoms with E-state index in [2.05, 4.69) is 0 Å². The van der Waals surface area contributed by atoms with E-state index >= 15 is 0 Å². The maximum absolute atomic E-state index is 13.6. The molecule has 0 radical (unpaired) electrons. The van der Waals surface area contributed by atoms with E-state index < -0.39 is 56.6 Å². The Kier molecular flexibility index (Phi) is 3.50. The first-order chi connectivity index (χ1) is 9.73. The number of halogens is 5. The molecule has 0 heterocycles. The highest BCUT2D eigenvalue weighted by Gasteiger charge is 2.25. The van der Waals surface area contributed by atoms with Gasteiger partial charge in [-0.15, -0.1) is 0 Å². The quantitative estimate of drug-likeness (QED) is 0.303. The van der Waals surface area contributed by atoms with Crippen molar-refractivity contribution in [1.82, 2.24) is 0 Å². The molecule has 0 unspecified atom stereocenters. The van der Waals surface area contributed by atoms with Crippen LogP contribution in [0, 0.1) is 39.2 Å². The van der Waals surface area contributed by atoms with Crippen LogP contribution in [-0.4, -0.2) is 10.0 Å². The van der Waals surface area contributed by atoms with Gasteiger partial charge in [-0.3, -0.25) is 10.1 Å². The van der Waals surface area contributed by atoms with Gasteiger partial charge in [0.2, 0.25) is 0 Å². The molecule has 0 spiro atoms. The van der Waals surface area contributed by atoms with Crippen LogP contribution >= 0.6 is 0 Å². The summed E-state index contributed by atoms with van der Waals surface area (Å²) in [6.07, 6.45) is 0. The number of phenols is 1. The second-order valence-electron chi connectivity index (χ2n) is 3.93. The maximum atomic E-state index is 13.6. The van der Waals surface area contributed by atoms with Gasteiger partial charge in [0.25, 0.3) is 0 Å². The summed E-state index contributed by atoms with van der Waals surface area (Å²) in [5, 5.41) is 19.8. The zero-order valence-electron chi connectivity index (χ0n) is 9.83. The van der Waals surface area contributed by atoms with Crippen molar-refractivity contribution >= 4 is 5.69 Å². The van der Waals surface area contributed by atoms with E-state index in [1.165, 1.54) is 0 Å². The summed E-state index contributed by atoms with van der Waals surface area (Å²) >= 11 is 0. The topological polar surface area (TPSA) is 63.4 Å². The Morgan fingerprint density at radius 1 is 0.857 bits per heavy atom. The molecule has 0 bridgehead atoms. The van der Waals surface area contributed by atoms with Crippen molar-refractivity contribution in [2.24, 2.45) is 0 Å². The van der Waals surface area contributed by atoms with Gasteiger partial charge in [0.15, 0.2) is 29.0 Å². The molecule has 110 valence electrons. The van der Waals surface area contributed by atoms with Crippen LogP contribution in [0.1, 0.15) is 0 Å². The van der Waals surface area contributed by atoms with Gasteiger partial charge in [0.1, 0.15) is 5.82 Å². The zero-order valence-corrected chi connectivity index (χ0v) is 9.83.